The zero-order chi connectivity index (χ0) is 21.6. The first-order valence-electron chi connectivity index (χ1n) is 11.1. The Bertz CT molecular complexity index is 884. The van der Waals surface area contributed by atoms with Crippen LogP contribution in [0.1, 0.15) is 34.5 Å². The van der Waals surface area contributed by atoms with Crippen molar-refractivity contribution in [1.29, 1.82) is 0 Å². The van der Waals surface area contributed by atoms with Crippen LogP contribution in [0.25, 0.3) is 0 Å². The Labute approximate surface area is 183 Å². The van der Waals surface area contributed by atoms with Crippen LogP contribution < -0.4 is 10.6 Å². The van der Waals surface area contributed by atoms with Gasteiger partial charge in [-0.25, -0.2) is 9.97 Å². The lowest BCUT2D eigenvalue weighted by molar-refractivity contribution is 0.0838. The number of likely N-dealkylation sites (tertiary alicyclic amines) is 1. The van der Waals surface area contributed by atoms with Gasteiger partial charge in [-0.2, -0.15) is 0 Å². The van der Waals surface area contributed by atoms with Gasteiger partial charge in [0.25, 0.3) is 5.91 Å². The molecule has 8 nitrogen and oxygen atoms in total. The Morgan fingerprint density at radius 2 is 1.97 bits per heavy atom. The van der Waals surface area contributed by atoms with E-state index in [1.165, 1.54) is 17.5 Å². The van der Waals surface area contributed by atoms with Crippen molar-refractivity contribution < 1.29 is 9.90 Å². The summed E-state index contributed by atoms with van der Waals surface area (Å²) in [4.78, 5) is 25.4. The number of hydrogen-bond donors (Lipinski definition) is 3. The number of rotatable bonds is 7. The maximum atomic E-state index is 12.5. The van der Waals surface area contributed by atoms with Crippen LogP contribution in [0.5, 0.6) is 0 Å². The van der Waals surface area contributed by atoms with Crippen molar-refractivity contribution in [3.63, 3.8) is 0 Å². The van der Waals surface area contributed by atoms with Crippen molar-refractivity contribution in [3.8, 4) is 0 Å². The number of aromatic nitrogens is 2. The lowest BCUT2D eigenvalue weighted by atomic mass is 10.00. The van der Waals surface area contributed by atoms with E-state index < -0.39 is 6.10 Å². The molecule has 0 bridgehead atoms. The summed E-state index contributed by atoms with van der Waals surface area (Å²) in [6, 6.07) is 10.5. The van der Waals surface area contributed by atoms with Crippen molar-refractivity contribution in [2.45, 2.75) is 38.0 Å². The Morgan fingerprint density at radius 1 is 1.19 bits per heavy atom. The third kappa shape index (κ3) is 6.00. The number of aliphatic hydroxyl groups is 1. The molecule has 1 saturated heterocycles. The fourth-order valence-corrected chi connectivity index (χ4v) is 4.30. The van der Waals surface area contributed by atoms with Crippen molar-refractivity contribution in [3.05, 3.63) is 53.5 Å². The molecule has 1 fully saturated rings. The standard InChI is InChI=1S/C23H32N6O2/c1-28-9-7-19(8-10-28)27-22-12-21(25-16-26-22)23(31)24-13-20(30)15-29-11-6-17-4-2-3-5-18(17)14-29/h2-5,12,16,19-20,30H,6-11,13-15H2,1H3,(H,24,31)(H,25,26,27). The summed E-state index contributed by atoms with van der Waals surface area (Å²) in [7, 11) is 2.13. The number of fused-ring (bicyclic) bond motifs is 1. The van der Waals surface area contributed by atoms with Gasteiger partial charge in [0.05, 0.1) is 6.10 Å². The second kappa shape index (κ2) is 10.2. The van der Waals surface area contributed by atoms with Crippen molar-refractivity contribution >= 4 is 11.7 Å². The first-order chi connectivity index (χ1) is 15.1. The molecule has 3 N–H and O–H groups in total. The second-order valence-electron chi connectivity index (χ2n) is 8.63. The van der Waals surface area contributed by atoms with E-state index in [0.717, 1.165) is 45.4 Å². The summed E-state index contributed by atoms with van der Waals surface area (Å²) in [5, 5.41) is 16.6. The van der Waals surface area contributed by atoms with Gasteiger partial charge in [-0.1, -0.05) is 24.3 Å². The van der Waals surface area contributed by atoms with Gasteiger partial charge >= 0.3 is 0 Å². The molecule has 4 rings (SSSR count). The van der Waals surface area contributed by atoms with Gasteiger partial charge in [0.15, 0.2) is 0 Å². The van der Waals surface area contributed by atoms with Crippen LogP contribution in [-0.4, -0.2) is 82.7 Å². The van der Waals surface area contributed by atoms with E-state index >= 15 is 0 Å². The van der Waals surface area contributed by atoms with Gasteiger partial charge in [0.1, 0.15) is 17.8 Å². The second-order valence-corrected chi connectivity index (χ2v) is 8.63. The molecule has 1 aromatic carbocycles. The monoisotopic (exact) mass is 424 g/mol. The van der Waals surface area contributed by atoms with Crippen LogP contribution in [0.3, 0.4) is 0 Å². The molecule has 0 radical (unpaired) electrons. The molecule has 1 aromatic heterocycles. The molecule has 0 spiro atoms. The van der Waals surface area contributed by atoms with Crippen molar-refractivity contribution in [2.75, 3.05) is 45.1 Å². The van der Waals surface area contributed by atoms with Crippen LogP contribution in [0, 0.1) is 0 Å². The van der Waals surface area contributed by atoms with Gasteiger partial charge in [-0.3, -0.25) is 9.69 Å². The number of anilines is 1. The number of β-amino-alcohol motifs (C(OH)–C–C–N with tert-alkyl or cyclic N) is 1. The highest BCUT2D eigenvalue weighted by molar-refractivity contribution is 5.92. The smallest absolute Gasteiger partial charge is 0.270 e. The van der Waals surface area contributed by atoms with E-state index in [1.54, 1.807) is 6.07 Å². The summed E-state index contributed by atoms with van der Waals surface area (Å²) in [6.45, 7) is 4.58. The SMILES string of the molecule is CN1CCC(Nc2cc(C(=O)NCC(O)CN3CCc4ccccc4C3)ncn2)CC1. The summed E-state index contributed by atoms with van der Waals surface area (Å²) < 4.78 is 0. The topological polar surface area (TPSA) is 93.6 Å². The average Bonchev–Trinajstić information content (AvgIpc) is 2.79. The number of hydrogen-bond acceptors (Lipinski definition) is 7. The van der Waals surface area contributed by atoms with Crippen molar-refractivity contribution in [2.24, 2.45) is 0 Å². The molecule has 8 heteroatoms. The minimum atomic E-state index is -0.632. The maximum Gasteiger partial charge on any atom is 0.270 e. The van der Waals surface area contributed by atoms with Crippen LogP contribution in [0.2, 0.25) is 0 Å². The van der Waals surface area contributed by atoms with Crippen molar-refractivity contribution in [1.82, 2.24) is 25.1 Å². The van der Waals surface area contributed by atoms with E-state index in [9.17, 15) is 9.90 Å². The van der Waals surface area contributed by atoms with Gasteiger partial charge in [0.2, 0.25) is 0 Å². The maximum absolute atomic E-state index is 12.5. The van der Waals surface area contributed by atoms with Gasteiger partial charge in [-0.05, 0) is 50.5 Å². The lowest BCUT2D eigenvalue weighted by Gasteiger charge is -2.30. The molecule has 2 aromatic rings. The largest absolute Gasteiger partial charge is 0.390 e. The normalized spacial score (nSPS) is 18.9. The highest BCUT2D eigenvalue weighted by Gasteiger charge is 2.20. The zero-order valence-electron chi connectivity index (χ0n) is 18.1. The molecule has 2 aliphatic heterocycles. The first-order valence-corrected chi connectivity index (χ1v) is 11.1. The summed E-state index contributed by atoms with van der Waals surface area (Å²) in [5.41, 5.74) is 3.01. The average molecular weight is 425 g/mol. The molecule has 166 valence electrons. The molecule has 1 atom stereocenters. The quantitative estimate of drug-likeness (QED) is 0.614. The number of nitrogens with zero attached hydrogens (tertiary/aromatic N) is 4. The molecular weight excluding hydrogens is 392 g/mol. The Balaban J connectivity index is 1.24. The number of carbonyl (C=O) groups is 1. The summed E-state index contributed by atoms with van der Waals surface area (Å²) >= 11 is 0. The number of aliphatic hydroxyl groups excluding tert-OH is 1. The third-order valence-corrected chi connectivity index (χ3v) is 6.15. The van der Waals surface area contributed by atoms with E-state index in [-0.39, 0.29) is 12.5 Å². The summed E-state index contributed by atoms with van der Waals surface area (Å²) in [6.07, 6.45) is 3.87. The summed E-state index contributed by atoms with van der Waals surface area (Å²) in [5.74, 6) is 0.374. The minimum Gasteiger partial charge on any atom is -0.390 e. The van der Waals surface area contributed by atoms with E-state index in [0.29, 0.717) is 24.1 Å². The third-order valence-electron chi connectivity index (χ3n) is 6.15. The molecule has 0 aliphatic carbocycles. The van der Waals surface area contributed by atoms with Crippen LogP contribution in [0.4, 0.5) is 5.82 Å². The Morgan fingerprint density at radius 3 is 2.77 bits per heavy atom. The van der Waals surface area contributed by atoms with E-state index in [2.05, 4.69) is 61.7 Å². The van der Waals surface area contributed by atoms with Gasteiger partial charge in [0, 0.05) is 38.3 Å². The fraction of sp³-hybridized carbons (Fsp3) is 0.522. The first kappa shape index (κ1) is 21.7. The minimum absolute atomic E-state index is 0.193. The zero-order valence-corrected chi connectivity index (χ0v) is 18.1. The predicted molar refractivity (Wildman–Crippen MR) is 120 cm³/mol. The molecule has 31 heavy (non-hydrogen) atoms. The highest BCUT2D eigenvalue weighted by Crippen LogP contribution is 2.18. The lowest BCUT2D eigenvalue weighted by Crippen LogP contribution is -2.42. The molecular formula is C23H32N6O2. The van der Waals surface area contributed by atoms with Crippen LogP contribution >= 0.6 is 0 Å². The highest BCUT2D eigenvalue weighted by atomic mass is 16.3. The van der Waals surface area contributed by atoms with Gasteiger partial charge in [-0.15, -0.1) is 0 Å². The molecule has 1 unspecified atom stereocenters. The van der Waals surface area contributed by atoms with Crippen LogP contribution in [-0.2, 0) is 13.0 Å². The van der Waals surface area contributed by atoms with E-state index in [4.69, 9.17) is 0 Å². The number of carbonyl (C=O) groups excluding carboxylic acids is 1. The Hall–Kier alpha value is -2.55. The predicted octanol–water partition coefficient (Wildman–Crippen LogP) is 1.13. The Kier molecular flexibility index (Phi) is 7.11. The number of benzene rings is 1. The molecule has 2 aliphatic rings. The molecule has 1 amide bonds. The van der Waals surface area contributed by atoms with Gasteiger partial charge < -0.3 is 20.6 Å². The van der Waals surface area contributed by atoms with E-state index in [1.807, 2.05) is 0 Å². The number of nitrogens with one attached hydrogen (secondary N) is 2. The van der Waals surface area contributed by atoms with Crippen LogP contribution in [0.15, 0.2) is 36.7 Å². The molecule has 3 heterocycles. The fourth-order valence-electron chi connectivity index (χ4n) is 4.30. The number of amides is 1. The number of piperidine rings is 1. The molecule has 0 saturated carbocycles.